The van der Waals surface area contributed by atoms with Crippen molar-refractivity contribution in [2.75, 3.05) is 20.1 Å². The summed E-state index contributed by atoms with van der Waals surface area (Å²) < 4.78 is 15.7. The van der Waals surface area contributed by atoms with Crippen LogP contribution in [0.5, 0.6) is 5.75 Å². The molecule has 1 saturated heterocycles. The van der Waals surface area contributed by atoms with Crippen molar-refractivity contribution in [2.45, 2.75) is 56.8 Å². The fourth-order valence-electron chi connectivity index (χ4n) is 5.66. The van der Waals surface area contributed by atoms with Gasteiger partial charge in [0.1, 0.15) is 17.7 Å². The van der Waals surface area contributed by atoms with Gasteiger partial charge < -0.3 is 15.0 Å². The Morgan fingerprint density at radius 2 is 2.13 bits per heavy atom. The maximum atomic E-state index is 15.7. The molecule has 166 valence electrons. The number of fused-ring (bicyclic) bond motifs is 1. The number of hydrazine groups is 1. The van der Waals surface area contributed by atoms with Crippen molar-refractivity contribution >= 4 is 5.57 Å². The predicted molar refractivity (Wildman–Crippen MR) is 119 cm³/mol. The Kier molecular flexibility index (Phi) is 5.58. The Labute approximate surface area is 182 Å². The fourth-order valence-corrected chi connectivity index (χ4v) is 5.66. The third-order valence-electron chi connectivity index (χ3n) is 7.32. The maximum Gasteiger partial charge on any atom is 0.125 e. The number of imidazole rings is 1. The van der Waals surface area contributed by atoms with Crippen LogP contribution in [0.25, 0.3) is 5.57 Å². The van der Waals surface area contributed by atoms with Crippen LogP contribution >= 0.6 is 0 Å². The number of aromatic amines is 1. The van der Waals surface area contributed by atoms with Gasteiger partial charge in [-0.1, -0.05) is 19.1 Å². The third kappa shape index (κ3) is 3.79. The van der Waals surface area contributed by atoms with Crippen LogP contribution in [0.4, 0.5) is 4.39 Å². The first-order valence-electron chi connectivity index (χ1n) is 11.4. The van der Waals surface area contributed by atoms with Gasteiger partial charge in [0.2, 0.25) is 0 Å². The minimum atomic E-state index is -0.991. The number of halogens is 1. The molecule has 2 fully saturated rings. The summed E-state index contributed by atoms with van der Waals surface area (Å²) in [7, 11) is 2.13. The molecule has 7 heteroatoms. The molecule has 5 unspecified atom stereocenters. The zero-order valence-corrected chi connectivity index (χ0v) is 18.2. The van der Waals surface area contributed by atoms with E-state index in [9.17, 15) is 5.11 Å². The molecule has 31 heavy (non-hydrogen) atoms. The molecule has 2 aromatic rings. The maximum absolute atomic E-state index is 15.7. The van der Waals surface area contributed by atoms with Crippen LogP contribution in [0.2, 0.25) is 0 Å². The lowest BCUT2D eigenvalue weighted by molar-refractivity contribution is 0.135. The Hall–Kier alpha value is -2.22. The fraction of sp³-hybridized carbons (Fsp3) is 0.542. The molecule has 6 nitrogen and oxygen atoms in total. The summed E-state index contributed by atoms with van der Waals surface area (Å²) in [5, 5.41) is 9.82. The van der Waals surface area contributed by atoms with Gasteiger partial charge >= 0.3 is 0 Å². The lowest BCUT2D eigenvalue weighted by Gasteiger charge is -2.36. The van der Waals surface area contributed by atoms with Gasteiger partial charge in [-0.25, -0.2) is 14.8 Å². The van der Waals surface area contributed by atoms with Crippen molar-refractivity contribution in [3.05, 3.63) is 53.1 Å². The number of rotatable bonds is 4. The first-order chi connectivity index (χ1) is 15.0. The average Bonchev–Trinajstić information content (AvgIpc) is 3.42. The van der Waals surface area contributed by atoms with E-state index in [1.807, 2.05) is 12.3 Å². The first-order valence-corrected chi connectivity index (χ1v) is 11.4. The smallest absolute Gasteiger partial charge is 0.125 e. The quantitative estimate of drug-likeness (QED) is 0.604. The number of nitrogens with zero attached hydrogens (tertiary/aromatic N) is 2. The number of hydrogen-bond donors (Lipinski definition) is 4. The van der Waals surface area contributed by atoms with E-state index in [2.05, 4.69) is 45.8 Å². The molecule has 4 N–H and O–H groups in total. The molecule has 5 atom stereocenters. The molecule has 0 spiro atoms. The molecule has 0 amide bonds. The van der Waals surface area contributed by atoms with Crippen molar-refractivity contribution < 1.29 is 9.50 Å². The van der Waals surface area contributed by atoms with E-state index >= 15 is 4.39 Å². The summed E-state index contributed by atoms with van der Waals surface area (Å²) >= 11 is 0. The third-order valence-corrected chi connectivity index (χ3v) is 7.32. The highest BCUT2D eigenvalue weighted by atomic mass is 19.1. The molecule has 1 aliphatic carbocycles. The second-order valence-corrected chi connectivity index (χ2v) is 9.26. The second kappa shape index (κ2) is 8.37. The Morgan fingerprint density at radius 1 is 1.26 bits per heavy atom. The minimum Gasteiger partial charge on any atom is -0.508 e. The van der Waals surface area contributed by atoms with Crippen molar-refractivity contribution in [2.24, 2.45) is 5.92 Å². The van der Waals surface area contributed by atoms with Gasteiger partial charge in [-0.15, -0.1) is 0 Å². The summed E-state index contributed by atoms with van der Waals surface area (Å²) in [5.41, 5.74) is 11.0. The van der Waals surface area contributed by atoms with Crippen LogP contribution in [0, 0.1) is 5.92 Å². The van der Waals surface area contributed by atoms with Crippen LogP contribution in [-0.4, -0.2) is 52.3 Å². The van der Waals surface area contributed by atoms with Crippen molar-refractivity contribution in [1.82, 2.24) is 25.7 Å². The van der Waals surface area contributed by atoms with E-state index in [4.69, 9.17) is 0 Å². The number of nitrogens with one attached hydrogen (secondary N) is 3. The van der Waals surface area contributed by atoms with Gasteiger partial charge in [-0.3, -0.25) is 5.43 Å². The topological polar surface area (TPSA) is 76.2 Å². The number of alkyl halides is 1. The lowest BCUT2D eigenvalue weighted by Crippen LogP contribution is -2.45. The minimum absolute atomic E-state index is 0.0228. The molecule has 1 saturated carbocycles. The predicted octanol–water partition coefficient (Wildman–Crippen LogP) is 3.45. The number of aromatic nitrogens is 2. The molecule has 0 bridgehead atoms. The Bertz CT molecular complexity index is 973. The molecule has 3 heterocycles. The number of phenols is 1. The molecule has 2 aliphatic heterocycles. The number of likely N-dealkylation sites (N-methyl/N-ethyl adjacent to an activating group) is 1. The summed E-state index contributed by atoms with van der Waals surface area (Å²) in [6.45, 7) is 4.06. The number of phenolic OH excluding ortho intramolecular Hbond substituents is 1. The Balaban J connectivity index is 1.33. The van der Waals surface area contributed by atoms with E-state index in [1.54, 1.807) is 12.1 Å². The largest absolute Gasteiger partial charge is 0.508 e. The monoisotopic (exact) mass is 425 g/mol. The van der Waals surface area contributed by atoms with Gasteiger partial charge in [0.15, 0.2) is 0 Å². The molecule has 1 aromatic carbocycles. The summed E-state index contributed by atoms with van der Waals surface area (Å²) in [6, 6.07) is 5.08. The molecule has 3 aliphatic rings. The van der Waals surface area contributed by atoms with Crippen molar-refractivity contribution in [3.8, 4) is 5.75 Å². The molecular weight excluding hydrogens is 393 g/mol. The molecular formula is C24H32FN5O. The SMILES string of the molecule is CCc1cc(O)ccc1C1CCC2C(c3ncc(C4=CCCN(C)C4)[nH]3)NNC2C1F. The number of benzene rings is 1. The Morgan fingerprint density at radius 3 is 2.94 bits per heavy atom. The summed E-state index contributed by atoms with van der Waals surface area (Å²) in [4.78, 5) is 10.5. The van der Waals surface area contributed by atoms with E-state index in [0.717, 1.165) is 61.4 Å². The van der Waals surface area contributed by atoms with Crippen LogP contribution in [-0.2, 0) is 6.42 Å². The number of hydrogen-bond acceptors (Lipinski definition) is 5. The van der Waals surface area contributed by atoms with E-state index in [-0.39, 0.29) is 29.7 Å². The molecule has 0 radical (unpaired) electrons. The van der Waals surface area contributed by atoms with Crippen molar-refractivity contribution in [1.29, 1.82) is 0 Å². The van der Waals surface area contributed by atoms with Crippen LogP contribution in [0.15, 0.2) is 30.5 Å². The van der Waals surface area contributed by atoms with Crippen molar-refractivity contribution in [3.63, 3.8) is 0 Å². The highest BCUT2D eigenvalue weighted by molar-refractivity contribution is 5.64. The number of aromatic hydroxyl groups is 1. The van der Waals surface area contributed by atoms with E-state index in [1.165, 1.54) is 5.57 Å². The van der Waals surface area contributed by atoms with Crippen LogP contribution in [0.3, 0.4) is 0 Å². The second-order valence-electron chi connectivity index (χ2n) is 9.26. The van der Waals surface area contributed by atoms with E-state index in [0.29, 0.717) is 0 Å². The summed E-state index contributed by atoms with van der Waals surface area (Å²) in [6.07, 6.45) is 6.76. The van der Waals surface area contributed by atoms with Gasteiger partial charge in [-0.2, -0.15) is 0 Å². The normalized spacial score (nSPS) is 31.5. The lowest BCUT2D eigenvalue weighted by atomic mass is 9.71. The number of H-pyrrole nitrogens is 1. The van der Waals surface area contributed by atoms with Gasteiger partial charge in [0.05, 0.1) is 24.0 Å². The van der Waals surface area contributed by atoms with Gasteiger partial charge in [0, 0.05) is 24.9 Å². The summed E-state index contributed by atoms with van der Waals surface area (Å²) in [5.74, 6) is 1.13. The highest BCUT2D eigenvalue weighted by Crippen LogP contribution is 2.45. The van der Waals surface area contributed by atoms with Gasteiger partial charge in [0.25, 0.3) is 0 Å². The molecule has 1 aromatic heterocycles. The van der Waals surface area contributed by atoms with Gasteiger partial charge in [-0.05, 0) is 61.6 Å². The van der Waals surface area contributed by atoms with Crippen LogP contribution in [0.1, 0.15) is 60.8 Å². The highest BCUT2D eigenvalue weighted by Gasteiger charge is 2.48. The van der Waals surface area contributed by atoms with Crippen LogP contribution < -0.4 is 10.9 Å². The zero-order chi connectivity index (χ0) is 21.5. The number of aryl methyl sites for hydroxylation is 1. The molecule has 5 rings (SSSR count). The first kappa shape index (κ1) is 20.7. The van der Waals surface area contributed by atoms with E-state index < -0.39 is 6.17 Å². The zero-order valence-electron chi connectivity index (χ0n) is 18.2. The average molecular weight is 426 g/mol. The standard InChI is InChI=1S/C24H32FN5O/c1-3-14-11-16(31)6-7-17(14)18-8-9-19-22(21(18)25)28-29-23(19)24-26-12-20(27-24)15-5-4-10-30(2)13-15/h5-7,11-12,18-19,21-23,28-29,31H,3-4,8-10,13H2,1-2H3,(H,26,27).